The summed E-state index contributed by atoms with van der Waals surface area (Å²) >= 11 is 0. The summed E-state index contributed by atoms with van der Waals surface area (Å²) in [6.45, 7) is 5.42. The predicted octanol–water partition coefficient (Wildman–Crippen LogP) is 2.30. The molecule has 0 aliphatic carbocycles. The van der Waals surface area contributed by atoms with Crippen molar-refractivity contribution in [2.75, 3.05) is 33.2 Å². The number of likely N-dealkylation sites (N-methyl/N-ethyl adjacent to an activating group) is 1. The number of rotatable bonds is 4. The van der Waals surface area contributed by atoms with Gasteiger partial charge in [0, 0.05) is 20.1 Å². The molecule has 0 spiro atoms. The highest BCUT2D eigenvalue weighted by atomic mass is 19.1. The fraction of sp³-hybridized carbons (Fsp3) is 0.533. The van der Waals surface area contributed by atoms with Gasteiger partial charge in [-0.1, -0.05) is 12.1 Å². The highest BCUT2D eigenvalue weighted by Gasteiger charge is 2.18. The van der Waals surface area contributed by atoms with Crippen LogP contribution >= 0.6 is 0 Å². The molecule has 0 radical (unpaired) electrons. The van der Waals surface area contributed by atoms with Gasteiger partial charge in [0.1, 0.15) is 5.82 Å². The summed E-state index contributed by atoms with van der Waals surface area (Å²) in [5, 5.41) is 0. The lowest BCUT2D eigenvalue weighted by atomic mass is 10.1. The second-order valence-electron chi connectivity index (χ2n) is 5.21. The summed E-state index contributed by atoms with van der Waals surface area (Å²) in [6.07, 6.45) is 2.48. The van der Waals surface area contributed by atoms with Crippen molar-refractivity contribution in [1.29, 1.82) is 0 Å². The number of hydrogen-bond acceptors (Lipinski definition) is 2. The molecule has 0 saturated carbocycles. The van der Waals surface area contributed by atoms with Crippen LogP contribution in [0.3, 0.4) is 0 Å². The predicted molar refractivity (Wildman–Crippen MR) is 73.8 cm³/mol. The molecule has 104 valence electrons. The zero-order valence-corrected chi connectivity index (χ0v) is 11.7. The third kappa shape index (κ3) is 3.32. The Morgan fingerprint density at radius 1 is 1.37 bits per heavy atom. The maximum atomic E-state index is 13.9. The van der Waals surface area contributed by atoms with Crippen LogP contribution in [0.4, 0.5) is 4.39 Å². The van der Waals surface area contributed by atoms with Crippen LogP contribution in [-0.4, -0.2) is 48.9 Å². The first-order valence-electron chi connectivity index (χ1n) is 6.82. The van der Waals surface area contributed by atoms with E-state index in [9.17, 15) is 9.18 Å². The summed E-state index contributed by atoms with van der Waals surface area (Å²) in [6, 6.07) is 4.95. The standard InChI is InChI=1S/C15H21FN2O/c1-12-6-5-7-13(14(12)16)15(19)17(2)10-11-18-8-3-4-9-18/h5-7H,3-4,8-11H2,1-2H3. The first kappa shape index (κ1) is 14.0. The van der Waals surface area contributed by atoms with Crippen molar-refractivity contribution in [3.63, 3.8) is 0 Å². The molecule has 0 bridgehead atoms. The molecule has 1 amide bonds. The molecule has 1 aromatic rings. The van der Waals surface area contributed by atoms with Crippen LogP contribution in [0.15, 0.2) is 18.2 Å². The number of aryl methyl sites for hydroxylation is 1. The van der Waals surface area contributed by atoms with E-state index in [0.717, 1.165) is 19.6 Å². The number of carbonyl (C=O) groups is 1. The van der Waals surface area contributed by atoms with E-state index < -0.39 is 5.82 Å². The Labute approximate surface area is 114 Å². The largest absolute Gasteiger partial charge is 0.340 e. The molecular formula is C15H21FN2O. The smallest absolute Gasteiger partial charge is 0.256 e. The number of likely N-dealkylation sites (tertiary alicyclic amines) is 1. The molecule has 0 N–H and O–H groups in total. The zero-order chi connectivity index (χ0) is 13.8. The summed E-state index contributed by atoms with van der Waals surface area (Å²) in [5.74, 6) is -0.638. The van der Waals surface area contributed by atoms with Crippen LogP contribution in [0.5, 0.6) is 0 Å². The van der Waals surface area contributed by atoms with E-state index in [0.29, 0.717) is 12.1 Å². The topological polar surface area (TPSA) is 23.6 Å². The van der Waals surface area contributed by atoms with Crippen LogP contribution in [-0.2, 0) is 0 Å². The Bertz CT molecular complexity index is 455. The number of nitrogens with zero attached hydrogens (tertiary/aromatic N) is 2. The normalized spacial score (nSPS) is 15.7. The Morgan fingerprint density at radius 3 is 2.74 bits per heavy atom. The third-order valence-electron chi connectivity index (χ3n) is 3.72. The van der Waals surface area contributed by atoms with Gasteiger partial charge in [-0.25, -0.2) is 4.39 Å². The number of halogens is 1. The minimum Gasteiger partial charge on any atom is -0.340 e. The Morgan fingerprint density at radius 2 is 2.05 bits per heavy atom. The van der Waals surface area contributed by atoms with Crippen molar-refractivity contribution >= 4 is 5.91 Å². The van der Waals surface area contributed by atoms with Crippen molar-refractivity contribution in [1.82, 2.24) is 9.80 Å². The van der Waals surface area contributed by atoms with Crippen molar-refractivity contribution in [2.24, 2.45) is 0 Å². The van der Waals surface area contributed by atoms with Gasteiger partial charge >= 0.3 is 0 Å². The fourth-order valence-electron chi connectivity index (χ4n) is 2.42. The molecule has 3 nitrogen and oxygen atoms in total. The molecule has 19 heavy (non-hydrogen) atoms. The summed E-state index contributed by atoms with van der Waals surface area (Å²) in [5.41, 5.74) is 0.683. The summed E-state index contributed by atoms with van der Waals surface area (Å²) in [7, 11) is 1.74. The number of benzene rings is 1. The maximum Gasteiger partial charge on any atom is 0.256 e. The van der Waals surface area contributed by atoms with Crippen LogP contribution in [0, 0.1) is 12.7 Å². The maximum absolute atomic E-state index is 13.9. The van der Waals surface area contributed by atoms with Crippen molar-refractivity contribution in [3.8, 4) is 0 Å². The first-order chi connectivity index (χ1) is 9.09. The van der Waals surface area contributed by atoms with Crippen molar-refractivity contribution in [2.45, 2.75) is 19.8 Å². The molecule has 0 atom stereocenters. The monoisotopic (exact) mass is 264 g/mol. The second-order valence-corrected chi connectivity index (χ2v) is 5.21. The third-order valence-corrected chi connectivity index (χ3v) is 3.72. The average molecular weight is 264 g/mol. The van der Waals surface area contributed by atoms with Gasteiger partial charge in [-0.2, -0.15) is 0 Å². The minimum atomic E-state index is -0.402. The molecule has 1 heterocycles. The van der Waals surface area contributed by atoms with E-state index in [-0.39, 0.29) is 11.5 Å². The van der Waals surface area contributed by atoms with Gasteiger partial charge in [-0.05, 0) is 44.5 Å². The Kier molecular flexibility index (Phi) is 4.53. The van der Waals surface area contributed by atoms with Gasteiger partial charge in [0.05, 0.1) is 5.56 Å². The molecule has 2 rings (SSSR count). The van der Waals surface area contributed by atoms with E-state index in [1.807, 2.05) is 0 Å². The van der Waals surface area contributed by atoms with E-state index in [1.54, 1.807) is 37.1 Å². The minimum absolute atomic E-state index is 0.170. The quantitative estimate of drug-likeness (QED) is 0.833. The van der Waals surface area contributed by atoms with Gasteiger partial charge in [-0.3, -0.25) is 4.79 Å². The molecule has 1 aromatic carbocycles. The van der Waals surface area contributed by atoms with Crippen molar-refractivity contribution in [3.05, 3.63) is 35.1 Å². The van der Waals surface area contributed by atoms with Gasteiger partial charge in [0.2, 0.25) is 0 Å². The number of carbonyl (C=O) groups excluding carboxylic acids is 1. The molecule has 1 aliphatic heterocycles. The lowest BCUT2D eigenvalue weighted by molar-refractivity contribution is 0.0777. The van der Waals surface area contributed by atoms with Gasteiger partial charge in [0.25, 0.3) is 5.91 Å². The summed E-state index contributed by atoms with van der Waals surface area (Å²) in [4.78, 5) is 16.1. The highest BCUT2D eigenvalue weighted by Crippen LogP contribution is 2.14. The Hall–Kier alpha value is -1.42. The van der Waals surface area contributed by atoms with E-state index in [2.05, 4.69) is 4.90 Å². The van der Waals surface area contributed by atoms with Gasteiger partial charge in [0.15, 0.2) is 0 Å². The molecule has 1 aliphatic rings. The first-order valence-corrected chi connectivity index (χ1v) is 6.82. The SMILES string of the molecule is Cc1cccc(C(=O)N(C)CCN2CCCC2)c1F. The van der Waals surface area contributed by atoms with Crippen molar-refractivity contribution < 1.29 is 9.18 Å². The fourth-order valence-corrected chi connectivity index (χ4v) is 2.42. The number of amides is 1. The number of hydrogen-bond donors (Lipinski definition) is 0. The van der Waals surface area contributed by atoms with Gasteiger partial charge in [-0.15, -0.1) is 0 Å². The van der Waals surface area contributed by atoms with E-state index in [4.69, 9.17) is 0 Å². The highest BCUT2D eigenvalue weighted by molar-refractivity contribution is 5.94. The molecule has 0 unspecified atom stereocenters. The van der Waals surface area contributed by atoms with E-state index in [1.165, 1.54) is 12.8 Å². The van der Waals surface area contributed by atoms with Crippen LogP contribution in [0.2, 0.25) is 0 Å². The van der Waals surface area contributed by atoms with Crippen LogP contribution < -0.4 is 0 Å². The Balaban J connectivity index is 1.96. The zero-order valence-electron chi connectivity index (χ0n) is 11.7. The lowest BCUT2D eigenvalue weighted by Gasteiger charge is -2.22. The summed E-state index contributed by atoms with van der Waals surface area (Å²) < 4.78 is 13.9. The second kappa shape index (κ2) is 6.15. The molecule has 0 aromatic heterocycles. The van der Waals surface area contributed by atoms with Gasteiger partial charge < -0.3 is 9.80 Å². The van der Waals surface area contributed by atoms with Crippen LogP contribution in [0.25, 0.3) is 0 Å². The average Bonchev–Trinajstić information content (AvgIpc) is 2.91. The molecule has 1 saturated heterocycles. The van der Waals surface area contributed by atoms with E-state index >= 15 is 0 Å². The molecular weight excluding hydrogens is 243 g/mol. The van der Waals surface area contributed by atoms with Crippen LogP contribution in [0.1, 0.15) is 28.8 Å². The molecule has 1 fully saturated rings. The lowest BCUT2D eigenvalue weighted by Crippen LogP contribution is -2.35. The molecule has 4 heteroatoms.